The van der Waals surface area contributed by atoms with Gasteiger partial charge in [-0.3, -0.25) is 4.79 Å². The van der Waals surface area contributed by atoms with Crippen LogP contribution in [0.3, 0.4) is 0 Å². The molecule has 12 nitrogen and oxygen atoms in total. The van der Waals surface area contributed by atoms with Crippen LogP contribution in [-0.2, 0) is 23.7 Å². The van der Waals surface area contributed by atoms with E-state index in [-0.39, 0.29) is 19.6 Å². The van der Waals surface area contributed by atoms with Crippen molar-refractivity contribution in [1.82, 2.24) is 5.32 Å². The van der Waals surface area contributed by atoms with Crippen molar-refractivity contribution >= 4 is 5.91 Å². The fraction of sp³-hybridized carbons (Fsp3) is 0.947. The quantitative estimate of drug-likeness (QED) is 0.197. The molecule has 0 spiro atoms. The molecule has 2 aliphatic heterocycles. The third-order valence-corrected chi connectivity index (χ3v) is 5.25. The summed E-state index contributed by atoms with van der Waals surface area (Å²) < 4.78 is 22.0. The van der Waals surface area contributed by atoms with Crippen molar-refractivity contribution in [3.05, 3.63) is 0 Å². The average molecular weight is 453 g/mol. The van der Waals surface area contributed by atoms with E-state index < -0.39 is 72.9 Å². The Kier molecular flexibility index (Phi) is 9.16. The van der Waals surface area contributed by atoms with Gasteiger partial charge in [0.15, 0.2) is 12.6 Å². The van der Waals surface area contributed by atoms with Crippen LogP contribution in [0.2, 0.25) is 0 Å². The minimum absolute atomic E-state index is 0.113. The van der Waals surface area contributed by atoms with Crippen molar-refractivity contribution in [3.8, 4) is 0 Å². The second-order valence-corrected chi connectivity index (χ2v) is 8.72. The van der Waals surface area contributed by atoms with E-state index in [9.17, 15) is 30.3 Å². The maximum atomic E-state index is 12.1. The van der Waals surface area contributed by atoms with Crippen LogP contribution >= 0.6 is 0 Å². The number of hydrogen-bond acceptors (Lipinski definition) is 11. The molecule has 0 radical (unpaired) electrons. The van der Waals surface area contributed by atoms with E-state index in [1.165, 1.54) is 13.8 Å². The monoisotopic (exact) mass is 452 g/mol. The molecular weight excluding hydrogens is 416 g/mol. The Morgan fingerprint density at radius 1 is 1.00 bits per heavy atom. The number of aliphatic hydroxyl groups is 5. The predicted octanol–water partition coefficient (Wildman–Crippen LogP) is -3.07. The molecule has 2 aliphatic rings. The summed E-state index contributed by atoms with van der Waals surface area (Å²) in [6, 6.07) is -0.964. The van der Waals surface area contributed by atoms with Crippen LogP contribution in [0.4, 0.5) is 0 Å². The summed E-state index contributed by atoms with van der Waals surface area (Å²) in [7, 11) is 0. The summed E-state index contributed by atoms with van der Waals surface area (Å²) in [4.78, 5) is 12.1. The standard InChI is InChI=1S/C19H36N2O10/c1-8-11(21-10(22)7-19(3,4)27)13(24)14(25)18(29-8)31-16-12(23)9(2)30-17(15(16)26)28-6-5-20/h8-9,11-18,23-27H,5-7,20H2,1-4H3,(H,21,22)/t8-,9+,11-,12+,13+,14-,15-,16-,17-,18+/m1/s1. The van der Waals surface area contributed by atoms with E-state index >= 15 is 0 Å². The van der Waals surface area contributed by atoms with Crippen LogP contribution < -0.4 is 11.1 Å². The number of carbonyl (C=O) groups excluding carboxylic acids is 1. The molecule has 0 aromatic carbocycles. The molecule has 31 heavy (non-hydrogen) atoms. The Bertz CT molecular complexity index is 589. The molecule has 0 bridgehead atoms. The van der Waals surface area contributed by atoms with Crippen LogP contribution in [0.1, 0.15) is 34.1 Å². The Morgan fingerprint density at radius 2 is 1.61 bits per heavy atom. The van der Waals surface area contributed by atoms with Gasteiger partial charge < -0.3 is 55.5 Å². The molecule has 0 aromatic rings. The molecule has 10 atom stereocenters. The smallest absolute Gasteiger partial charge is 0.223 e. The lowest BCUT2D eigenvalue weighted by Gasteiger charge is -2.46. The summed E-state index contributed by atoms with van der Waals surface area (Å²) >= 11 is 0. The third kappa shape index (κ3) is 6.78. The van der Waals surface area contributed by atoms with Gasteiger partial charge in [-0.05, 0) is 27.7 Å². The van der Waals surface area contributed by atoms with Gasteiger partial charge in [-0.1, -0.05) is 0 Å². The molecular formula is C19H36N2O10. The number of hydrogen-bond donors (Lipinski definition) is 7. The Balaban J connectivity index is 2.05. The molecule has 182 valence electrons. The van der Waals surface area contributed by atoms with E-state index in [0.29, 0.717) is 0 Å². The van der Waals surface area contributed by atoms with Crippen molar-refractivity contribution in [2.24, 2.45) is 5.73 Å². The number of amides is 1. The predicted molar refractivity (Wildman–Crippen MR) is 105 cm³/mol. The molecule has 0 unspecified atom stereocenters. The summed E-state index contributed by atoms with van der Waals surface area (Å²) in [5.74, 6) is -0.525. The first-order chi connectivity index (χ1) is 14.4. The van der Waals surface area contributed by atoms with Crippen LogP contribution in [0, 0.1) is 0 Å². The summed E-state index contributed by atoms with van der Waals surface area (Å²) in [6.45, 7) is 6.38. The van der Waals surface area contributed by atoms with Crippen LogP contribution in [0.15, 0.2) is 0 Å². The van der Waals surface area contributed by atoms with Crippen molar-refractivity contribution < 1.29 is 49.3 Å². The topological polar surface area (TPSA) is 193 Å². The lowest BCUT2D eigenvalue weighted by Crippen LogP contribution is -2.66. The van der Waals surface area contributed by atoms with Gasteiger partial charge in [-0.25, -0.2) is 0 Å². The first kappa shape index (κ1) is 26.3. The highest BCUT2D eigenvalue weighted by Gasteiger charge is 2.50. The average Bonchev–Trinajstić information content (AvgIpc) is 2.66. The number of nitrogens with one attached hydrogen (secondary N) is 1. The molecule has 1 amide bonds. The highest BCUT2D eigenvalue weighted by Crippen LogP contribution is 2.29. The number of ether oxygens (including phenoxy) is 4. The van der Waals surface area contributed by atoms with Crippen molar-refractivity contribution in [2.75, 3.05) is 13.2 Å². The molecule has 0 aliphatic carbocycles. The Hall–Kier alpha value is -0.930. The van der Waals surface area contributed by atoms with Gasteiger partial charge >= 0.3 is 0 Å². The fourth-order valence-corrected chi connectivity index (χ4v) is 3.61. The van der Waals surface area contributed by atoms with E-state index in [2.05, 4.69) is 5.32 Å². The molecule has 0 saturated carbocycles. The zero-order valence-electron chi connectivity index (χ0n) is 18.2. The number of aliphatic hydroxyl groups excluding tert-OH is 4. The van der Waals surface area contributed by atoms with Crippen molar-refractivity contribution in [3.63, 3.8) is 0 Å². The molecule has 2 saturated heterocycles. The lowest BCUT2D eigenvalue weighted by molar-refractivity contribution is -0.347. The Morgan fingerprint density at radius 3 is 2.19 bits per heavy atom. The summed E-state index contributed by atoms with van der Waals surface area (Å²) in [5, 5.41) is 54.3. The fourth-order valence-electron chi connectivity index (χ4n) is 3.61. The minimum atomic E-state index is -1.59. The molecule has 2 rings (SSSR count). The number of rotatable bonds is 8. The third-order valence-electron chi connectivity index (χ3n) is 5.25. The molecule has 2 fully saturated rings. The van der Waals surface area contributed by atoms with Gasteiger partial charge in [0, 0.05) is 6.54 Å². The summed E-state index contributed by atoms with van der Waals surface area (Å²) in [6.07, 6.45) is -11.2. The first-order valence-corrected chi connectivity index (χ1v) is 10.4. The lowest BCUT2D eigenvalue weighted by atomic mass is 9.95. The van der Waals surface area contributed by atoms with Gasteiger partial charge in [0.25, 0.3) is 0 Å². The minimum Gasteiger partial charge on any atom is -0.390 e. The number of carbonyl (C=O) groups is 1. The van der Waals surface area contributed by atoms with E-state index in [1.807, 2.05) is 0 Å². The second kappa shape index (κ2) is 10.8. The normalized spacial score (nSPS) is 41.7. The van der Waals surface area contributed by atoms with E-state index in [1.54, 1.807) is 13.8 Å². The highest BCUT2D eigenvalue weighted by molar-refractivity contribution is 5.77. The first-order valence-electron chi connectivity index (χ1n) is 10.4. The molecule has 8 N–H and O–H groups in total. The van der Waals surface area contributed by atoms with Gasteiger partial charge in [0.2, 0.25) is 5.91 Å². The van der Waals surface area contributed by atoms with Crippen LogP contribution in [0.25, 0.3) is 0 Å². The maximum absolute atomic E-state index is 12.1. The summed E-state index contributed by atoms with van der Waals surface area (Å²) in [5.41, 5.74) is 4.16. The van der Waals surface area contributed by atoms with Crippen LogP contribution in [-0.4, -0.2) is 112 Å². The van der Waals surface area contributed by atoms with E-state index in [4.69, 9.17) is 24.7 Å². The van der Waals surface area contributed by atoms with Crippen molar-refractivity contribution in [1.29, 1.82) is 0 Å². The highest BCUT2D eigenvalue weighted by atomic mass is 16.7. The van der Waals surface area contributed by atoms with Gasteiger partial charge in [-0.15, -0.1) is 0 Å². The zero-order valence-corrected chi connectivity index (χ0v) is 18.2. The molecule has 0 aromatic heterocycles. The van der Waals surface area contributed by atoms with Gasteiger partial charge in [0.1, 0.15) is 30.5 Å². The maximum Gasteiger partial charge on any atom is 0.223 e. The Labute approximate surface area is 181 Å². The van der Waals surface area contributed by atoms with Crippen LogP contribution in [0.5, 0.6) is 0 Å². The van der Waals surface area contributed by atoms with Gasteiger partial charge in [0.05, 0.1) is 36.9 Å². The zero-order chi connectivity index (χ0) is 23.5. The largest absolute Gasteiger partial charge is 0.390 e. The second-order valence-electron chi connectivity index (χ2n) is 8.72. The molecule has 2 heterocycles. The SMILES string of the molecule is C[C@@H]1O[C@@H](OCCN)[C@H](O)[C@H](O[C@@H]2O[C@H](C)[C@@H](NC(=O)CC(C)(C)O)[C@H](O)[C@H]2O)[C@H]1O. The van der Waals surface area contributed by atoms with Gasteiger partial charge in [-0.2, -0.15) is 0 Å². The number of nitrogens with two attached hydrogens (primary N) is 1. The van der Waals surface area contributed by atoms with Crippen molar-refractivity contribution in [2.45, 2.75) is 101 Å². The van der Waals surface area contributed by atoms with E-state index in [0.717, 1.165) is 0 Å². The molecule has 12 heteroatoms.